The molecule has 2 N–H and O–H groups in total. The third kappa shape index (κ3) is 5.31. The number of nitrogens with zero attached hydrogens (tertiary/aromatic N) is 1. The number of benzene rings is 3. The Hall–Kier alpha value is -3.71. The number of ketones is 1. The fraction of sp³-hybridized carbons (Fsp3) is 0.160. The Morgan fingerprint density at radius 2 is 1.41 bits per heavy atom. The number of amides is 2. The lowest BCUT2D eigenvalue weighted by atomic mass is 9.94. The molecule has 3 rings (SSSR count). The normalized spacial score (nSPS) is 12.6. The van der Waals surface area contributed by atoms with Gasteiger partial charge in [0.15, 0.2) is 5.78 Å². The first-order valence-electron chi connectivity index (χ1n) is 9.98. The number of hydrogen-bond donors (Lipinski definition) is 1. The van der Waals surface area contributed by atoms with Crippen LogP contribution in [0, 0.1) is 11.6 Å². The highest BCUT2D eigenvalue weighted by Gasteiger charge is 2.37. The Balaban J connectivity index is 2.09. The zero-order chi connectivity index (χ0) is 23.3. The zero-order valence-corrected chi connectivity index (χ0v) is 17.4. The minimum Gasteiger partial charge on any atom is -0.320 e. The van der Waals surface area contributed by atoms with Gasteiger partial charge in [0.2, 0.25) is 11.8 Å². The minimum absolute atomic E-state index is 0.0361. The van der Waals surface area contributed by atoms with E-state index in [1.807, 2.05) is 0 Å². The molecule has 0 saturated carbocycles. The lowest BCUT2D eigenvalue weighted by Gasteiger charge is -2.31. The number of nitrogens with two attached hydrogens (primary N) is 1. The molecule has 0 aromatic heterocycles. The van der Waals surface area contributed by atoms with Crippen LogP contribution in [-0.4, -0.2) is 28.5 Å². The molecular formula is C25H22F2N2O3. The fourth-order valence-corrected chi connectivity index (χ4v) is 3.40. The van der Waals surface area contributed by atoms with Crippen LogP contribution < -0.4 is 5.73 Å². The zero-order valence-electron chi connectivity index (χ0n) is 17.4. The molecule has 164 valence electrons. The average molecular weight is 436 g/mol. The van der Waals surface area contributed by atoms with Crippen LogP contribution in [-0.2, 0) is 16.0 Å². The highest BCUT2D eigenvalue weighted by atomic mass is 19.1. The first-order chi connectivity index (χ1) is 15.3. The largest absolute Gasteiger partial charge is 0.320 e. The second kappa shape index (κ2) is 10.1. The fourth-order valence-electron chi connectivity index (χ4n) is 3.40. The molecule has 3 aromatic rings. The highest BCUT2D eigenvalue weighted by Crippen LogP contribution is 2.27. The van der Waals surface area contributed by atoms with E-state index in [4.69, 9.17) is 5.73 Å². The predicted octanol–water partition coefficient (Wildman–Crippen LogP) is 3.83. The number of carbonyl (C=O) groups excluding carboxylic acids is 3. The summed E-state index contributed by atoms with van der Waals surface area (Å²) in [6.07, 6.45) is -0.488. The molecular weight excluding hydrogens is 414 g/mol. The molecule has 2 amide bonds. The summed E-state index contributed by atoms with van der Waals surface area (Å²) in [5.74, 6) is -3.75. The number of rotatable bonds is 7. The first-order valence-corrected chi connectivity index (χ1v) is 9.98. The quantitative estimate of drug-likeness (QED) is 0.571. The molecule has 7 heteroatoms. The van der Waals surface area contributed by atoms with Gasteiger partial charge < -0.3 is 5.73 Å². The van der Waals surface area contributed by atoms with Crippen molar-refractivity contribution in [3.8, 4) is 0 Å². The Labute approximate surface area is 184 Å². The first kappa shape index (κ1) is 23.0. The van der Waals surface area contributed by atoms with Crippen LogP contribution in [0.1, 0.15) is 34.5 Å². The third-order valence-corrected chi connectivity index (χ3v) is 4.85. The average Bonchev–Trinajstić information content (AvgIpc) is 2.76. The standard InChI is InChI=1S/C25H22F2N2O3/c1-16(28)25(32)29(22(30)14-17-12-20(26)15-21(27)13-17)23(18-8-4-2-5-9-18)24(31)19-10-6-3-7-11-19/h2-13,15-16,23H,14,28H2,1H3/t16-,23?/m0/s1. The van der Waals surface area contributed by atoms with Crippen LogP contribution in [0.5, 0.6) is 0 Å². The van der Waals surface area contributed by atoms with Gasteiger partial charge >= 0.3 is 0 Å². The molecule has 0 radical (unpaired) electrons. The van der Waals surface area contributed by atoms with Gasteiger partial charge in [0.05, 0.1) is 12.5 Å². The van der Waals surface area contributed by atoms with Crippen LogP contribution in [0.4, 0.5) is 8.78 Å². The summed E-state index contributed by atoms with van der Waals surface area (Å²) >= 11 is 0. The van der Waals surface area contributed by atoms with E-state index in [2.05, 4.69) is 0 Å². The maximum absolute atomic E-state index is 13.6. The lowest BCUT2D eigenvalue weighted by Crippen LogP contribution is -2.50. The molecule has 2 atom stereocenters. The van der Waals surface area contributed by atoms with Gasteiger partial charge in [-0.15, -0.1) is 0 Å². The van der Waals surface area contributed by atoms with Crippen molar-refractivity contribution in [2.75, 3.05) is 0 Å². The number of carbonyl (C=O) groups is 3. The van der Waals surface area contributed by atoms with E-state index in [1.165, 1.54) is 6.92 Å². The monoisotopic (exact) mass is 436 g/mol. The van der Waals surface area contributed by atoms with Crippen molar-refractivity contribution in [2.45, 2.75) is 25.4 Å². The summed E-state index contributed by atoms with van der Waals surface area (Å²) < 4.78 is 27.3. The van der Waals surface area contributed by atoms with Crippen molar-refractivity contribution < 1.29 is 23.2 Å². The Morgan fingerprint density at radius 1 is 0.875 bits per heavy atom. The molecule has 1 unspecified atom stereocenters. The van der Waals surface area contributed by atoms with Gasteiger partial charge in [0.25, 0.3) is 0 Å². The van der Waals surface area contributed by atoms with Crippen molar-refractivity contribution in [1.82, 2.24) is 4.90 Å². The topological polar surface area (TPSA) is 80.5 Å². The maximum Gasteiger partial charge on any atom is 0.246 e. The smallest absolute Gasteiger partial charge is 0.246 e. The molecule has 0 aliphatic heterocycles. The molecule has 0 aliphatic rings. The molecule has 0 saturated heterocycles. The van der Waals surface area contributed by atoms with E-state index in [1.54, 1.807) is 60.7 Å². The summed E-state index contributed by atoms with van der Waals surface area (Å²) in [7, 11) is 0. The van der Waals surface area contributed by atoms with Crippen molar-refractivity contribution in [1.29, 1.82) is 0 Å². The maximum atomic E-state index is 13.6. The predicted molar refractivity (Wildman–Crippen MR) is 116 cm³/mol. The number of Topliss-reactive ketones (excluding diaryl/α,β-unsaturated/α-hetero) is 1. The van der Waals surface area contributed by atoms with E-state index in [0.717, 1.165) is 17.0 Å². The number of hydrogen-bond acceptors (Lipinski definition) is 4. The molecule has 0 heterocycles. The molecule has 0 aliphatic carbocycles. The van der Waals surface area contributed by atoms with Gasteiger partial charge in [-0.05, 0) is 30.2 Å². The van der Waals surface area contributed by atoms with Crippen molar-refractivity contribution in [3.63, 3.8) is 0 Å². The van der Waals surface area contributed by atoms with Crippen LogP contribution in [0.15, 0.2) is 78.9 Å². The van der Waals surface area contributed by atoms with Crippen molar-refractivity contribution in [3.05, 3.63) is 107 Å². The summed E-state index contributed by atoms with van der Waals surface area (Å²) in [4.78, 5) is 40.6. The van der Waals surface area contributed by atoms with E-state index >= 15 is 0 Å². The molecule has 0 fully saturated rings. The van der Waals surface area contributed by atoms with E-state index in [0.29, 0.717) is 17.2 Å². The van der Waals surface area contributed by atoms with Gasteiger partial charge in [-0.1, -0.05) is 60.7 Å². The SMILES string of the molecule is C[C@H](N)C(=O)N(C(=O)Cc1cc(F)cc(F)c1)C(C(=O)c1ccccc1)c1ccccc1. The van der Waals surface area contributed by atoms with Crippen LogP contribution in [0.3, 0.4) is 0 Å². The van der Waals surface area contributed by atoms with E-state index in [9.17, 15) is 23.2 Å². The number of imide groups is 1. The van der Waals surface area contributed by atoms with Crippen LogP contribution in [0.25, 0.3) is 0 Å². The Morgan fingerprint density at radius 3 is 1.94 bits per heavy atom. The van der Waals surface area contributed by atoms with Gasteiger partial charge in [-0.3, -0.25) is 19.3 Å². The van der Waals surface area contributed by atoms with Gasteiger partial charge in [-0.2, -0.15) is 0 Å². The van der Waals surface area contributed by atoms with E-state index in [-0.39, 0.29) is 5.56 Å². The van der Waals surface area contributed by atoms with Gasteiger partial charge in [-0.25, -0.2) is 8.78 Å². The Kier molecular flexibility index (Phi) is 7.22. The van der Waals surface area contributed by atoms with Crippen LogP contribution in [0.2, 0.25) is 0 Å². The molecule has 32 heavy (non-hydrogen) atoms. The van der Waals surface area contributed by atoms with Gasteiger partial charge in [0.1, 0.15) is 17.7 Å². The summed E-state index contributed by atoms with van der Waals surface area (Å²) in [5.41, 5.74) is 6.54. The molecule has 5 nitrogen and oxygen atoms in total. The Bertz CT molecular complexity index is 1100. The highest BCUT2D eigenvalue weighted by molar-refractivity contribution is 6.08. The lowest BCUT2D eigenvalue weighted by molar-refractivity contribution is -0.147. The summed E-state index contributed by atoms with van der Waals surface area (Å²) in [6.45, 7) is 1.40. The molecule has 3 aromatic carbocycles. The number of halogens is 2. The second-order valence-corrected chi connectivity index (χ2v) is 7.39. The summed E-state index contributed by atoms with van der Waals surface area (Å²) in [5, 5.41) is 0. The van der Waals surface area contributed by atoms with Crippen molar-refractivity contribution in [2.24, 2.45) is 5.73 Å². The second-order valence-electron chi connectivity index (χ2n) is 7.39. The minimum atomic E-state index is -1.29. The van der Waals surface area contributed by atoms with E-state index < -0.39 is 47.7 Å². The van der Waals surface area contributed by atoms with Crippen molar-refractivity contribution >= 4 is 17.6 Å². The van der Waals surface area contributed by atoms with Crippen LogP contribution >= 0.6 is 0 Å². The third-order valence-electron chi connectivity index (χ3n) is 4.85. The molecule has 0 bridgehead atoms. The molecule has 0 spiro atoms. The van der Waals surface area contributed by atoms with Gasteiger partial charge in [0, 0.05) is 11.6 Å². The summed E-state index contributed by atoms with van der Waals surface area (Å²) in [6, 6.07) is 16.9.